The first-order chi connectivity index (χ1) is 11.8. The summed E-state index contributed by atoms with van der Waals surface area (Å²) in [6.07, 6.45) is 7.56. The van der Waals surface area contributed by atoms with Gasteiger partial charge in [-0.1, -0.05) is 48.2 Å². The third-order valence-corrected chi connectivity index (χ3v) is 5.70. The average molecular weight is 333 g/mol. The average Bonchev–Trinajstić information content (AvgIpc) is 2.67. The third-order valence-electron chi connectivity index (χ3n) is 4.45. The lowest BCUT2D eigenvalue weighted by molar-refractivity contribution is 0.414. The summed E-state index contributed by atoms with van der Waals surface area (Å²) in [6.45, 7) is 0. The van der Waals surface area contributed by atoms with Gasteiger partial charge in [-0.15, -0.1) is 0 Å². The molecule has 1 heterocycles. The van der Waals surface area contributed by atoms with E-state index in [-0.39, 0.29) is 0 Å². The molecule has 1 aliphatic carbocycles. The zero-order valence-electron chi connectivity index (χ0n) is 13.8. The van der Waals surface area contributed by atoms with Gasteiger partial charge >= 0.3 is 0 Å². The minimum Gasteiger partial charge on any atom is -0.497 e. The number of nitrogens with one attached hydrogen (secondary N) is 1. The predicted octanol–water partition coefficient (Wildman–Crippen LogP) is 5.60. The Morgan fingerprint density at radius 3 is 2.79 bits per heavy atom. The van der Waals surface area contributed by atoms with E-state index in [9.17, 15) is 0 Å². The van der Waals surface area contributed by atoms with Crippen molar-refractivity contribution in [3.8, 4) is 5.75 Å². The largest absolute Gasteiger partial charge is 0.497 e. The van der Waals surface area contributed by atoms with Crippen molar-refractivity contribution in [2.45, 2.75) is 11.3 Å². The van der Waals surface area contributed by atoms with Crippen LogP contribution in [0.25, 0.3) is 10.5 Å². The molecule has 4 rings (SSSR count). The van der Waals surface area contributed by atoms with Crippen molar-refractivity contribution in [2.24, 2.45) is 0 Å². The SMILES string of the molecule is CNc1ccccc1C1=C2CC=CC=C2c2cc(OC)ccc2S1. The van der Waals surface area contributed by atoms with E-state index in [1.165, 1.54) is 37.8 Å². The van der Waals surface area contributed by atoms with E-state index < -0.39 is 0 Å². The van der Waals surface area contributed by atoms with Crippen LogP contribution in [-0.2, 0) is 0 Å². The topological polar surface area (TPSA) is 21.3 Å². The number of anilines is 1. The summed E-state index contributed by atoms with van der Waals surface area (Å²) >= 11 is 1.85. The maximum Gasteiger partial charge on any atom is 0.119 e. The zero-order valence-corrected chi connectivity index (χ0v) is 14.6. The normalized spacial score (nSPS) is 15.5. The zero-order chi connectivity index (χ0) is 16.5. The molecule has 0 bridgehead atoms. The van der Waals surface area contributed by atoms with Gasteiger partial charge in [0.05, 0.1) is 7.11 Å². The van der Waals surface area contributed by atoms with Crippen molar-refractivity contribution in [1.82, 2.24) is 0 Å². The number of hydrogen-bond acceptors (Lipinski definition) is 3. The van der Waals surface area contributed by atoms with E-state index in [1.54, 1.807) is 7.11 Å². The number of rotatable bonds is 3. The van der Waals surface area contributed by atoms with Crippen LogP contribution < -0.4 is 10.1 Å². The fourth-order valence-electron chi connectivity index (χ4n) is 3.25. The smallest absolute Gasteiger partial charge is 0.119 e. The van der Waals surface area contributed by atoms with Crippen molar-refractivity contribution < 1.29 is 4.74 Å². The minimum atomic E-state index is 0.906. The molecule has 0 saturated carbocycles. The summed E-state index contributed by atoms with van der Waals surface area (Å²) in [5.74, 6) is 0.906. The highest BCUT2D eigenvalue weighted by atomic mass is 32.2. The maximum absolute atomic E-state index is 5.43. The lowest BCUT2D eigenvalue weighted by Crippen LogP contribution is -2.05. The Kier molecular flexibility index (Phi) is 3.95. The highest BCUT2D eigenvalue weighted by Crippen LogP contribution is 2.52. The molecule has 0 aromatic heterocycles. The summed E-state index contributed by atoms with van der Waals surface area (Å²) in [6, 6.07) is 14.9. The van der Waals surface area contributed by atoms with Crippen LogP contribution in [0.4, 0.5) is 5.69 Å². The Labute approximate surface area is 146 Å². The second-order valence-corrected chi connectivity index (χ2v) is 6.83. The van der Waals surface area contributed by atoms with Gasteiger partial charge in [0.2, 0.25) is 0 Å². The third kappa shape index (κ3) is 2.45. The van der Waals surface area contributed by atoms with E-state index in [2.05, 4.69) is 59.9 Å². The van der Waals surface area contributed by atoms with Gasteiger partial charge in [-0.2, -0.15) is 0 Å². The molecule has 1 aliphatic heterocycles. The standard InChI is InChI=1S/C21H19NOS/c1-22-19-10-6-5-9-17(19)21-16-8-4-3-7-15(16)18-13-14(23-2)11-12-20(18)24-21/h3-7,9-13,22H,8H2,1-2H3. The van der Waals surface area contributed by atoms with Gasteiger partial charge in [-0.3, -0.25) is 0 Å². The molecule has 24 heavy (non-hydrogen) atoms. The molecule has 0 spiro atoms. The summed E-state index contributed by atoms with van der Waals surface area (Å²) in [7, 11) is 3.70. The first-order valence-electron chi connectivity index (χ1n) is 8.05. The maximum atomic E-state index is 5.43. The number of ether oxygens (including phenoxy) is 1. The monoisotopic (exact) mass is 333 g/mol. The number of thioether (sulfide) groups is 1. The Balaban J connectivity index is 1.92. The van der Waals surface area contributed by atoms with Gasteiger partial charge in [-0.05, 0) is 47.4 Å². The quantitative estimate of drug-likeness (QED) is 0.790. The summed E-state index contributed by atoms with van der Waals surface area (Å²) in [4.78, 5) is 2.62. The van der Waals surface area contributed by atoms with Gasteiger partial charge in [0.15, 0.2) is 0 Å². The molecule has 0 saturated heterocycles. The van der Waals surface area contributed by atoms with Crippen molar-refractivity contribution in [3.05, 3.63) is 77.4 Å². The van der Waals surface area contributed by atoms with E-state index in [1.807, 2.05) is 24.9 Å². The van der Waals surface area contributed by atoms with Gasteiger partial charge in [0, 0.05) is 28.1 Å². The summed E-state index contributed by atoms with van der Waals surface area (Å²) in [5.41, 5.74) is 6.41. The molecule has 3 heteroatoms. The van der Waals surface area contributed by atoms with Crippen LogP contribution in [0.5, 0.6) is 5.75 Å². The highest BCUT2D eigenvalue weighted by molar-refractivity contribution is 8.08. The van der Waals surface area contributed by atoms with Crippen LogP contribution in [0.15, 0.2) is 71.2 Å². The minimum absolute atomic E-state index is 0.906. The van der Waals surface area contributed by atoms with Crippen LogP contribution in [0.1, 0.15) is 17.5 Å². The Morgan fingerprint density at radius 2 is 1.96 bits per heavy atom. The number of benzene rings is 2. The predicted molar refractivity (Wildman–Crippen MR) is 103 cm³/mol. The van der Waals surface area contributed by atoms with Crippen LogP contribution in [0.3, 0.4) is 0 Å². The van der Waals surface area contributed by atoms with Crippen molar-refractivity contribution in [3.63, 3.8) is 0 Å². The second kappa shape index (κ2) is 6.25. The molecule has 0 radical (unpaired) electrons. The Hall–Kier alpha value is -2.39. The van der Waals surface area contributed by atoms with E-state index >= 15 is 0 Å². The Bertz CT molecular complexity index is 892. The molecule has 1 N–H and O–H groups in total. The van der Waals surface area contributed by atoms with Gasteiger partial charge in [-0.25, -0.2) is 0 Å². The highest BCUT2D eigenvalue weighted by Gasteiger charge is 2.26. The number of fused-ring (bicyclic) bond motifs is 3. The van der Waals surface area contributed by atoms with Gasteiger partial charge < -0.3 is 10.1 Å². The molecule has 2 aromatic carbocycles. The number of methoxy groups -OCH3 is 1. The second-order valence-electron chi connectivity index (χ2n) is 5.78. The lowest BCUT2D eigenvalue weighted by Gasteiger charge is -2.27. The molecular weight excluding hydrogens is 314 g/mol. The lowest BCUT2D eigenvalue weighted by atomic mass is 9.89. The first-order valence-corrected chi connectivity index (χ1v) is 8.87. The molecule has 0 unspecified atom stereocenters. The molecule has 0 atom stereocenters. The van der Waals surface area contributed by atoms with Crippen molar-refractivity contribution >= 4 is 27.9 Å². The van der Waals surface area contributed by atoms with Gasteiger partial charge in [0.25, 0.3) is 0 Å². The molecule has 0 fully saturated rings. The molecular formula is C21H19NOS. The van der Waals surface area contributed by atoms with E-state index in [0.29, 0.717) is 0 Å². The fourth-order valence-corrected chi connectivity index (χ4v) is 4.49. The van der Waals surface area contributed by atoms with E-state index in [0.717, 1.165) is 12.2 Å². The summed E-state index contributed by atoms with van der Waals surface area (Å²) in [5, 5.41) is 3.33. The van der Waals surface area contributed by atoms with Crippen LogP contribution >= 0.6 is 11.8 Å². The number of hydrogen-bond donors (Lipinski definition) is 1. The number of para-hydroxylation sites is 1. The summed E-state index contributed by atoms with van der Waals surface area (Å²) < 4.78 is 5.43. The van der Waals surface area contributed by atoms with Crippen molar-refractivity contribution in [1.29, 1.82) is 0 Å². The molecule has 2 nitrogen and oxygen atoms in total. The van der Waals surface area contributed by atoms with E-state index in [4.69, 9.17) is 4.74 Å². The van der Waals surface area contributed by atoms with Crippen LogP contribution in [-0.4, -0.2) is 14.2 Å². The first kappa shape index (κ1) is 15.2. The van der Waals surface area contributed by atoms with Crippen LogP contribution in [0.2, 0.25) is 0 Å². The van der Waals surface area contributed by atoms with Crippen LogP contribution in [0, 0.1) is 0 Å². The molecule has 120 valence electrons. The van der Waals surface area contributed by atoms with Gasteiger partial charge in [0.1, 0.15) is 5.75 Å². The molecule has 2 aliphatic rings. The fraction of sp³-hybridized carbons (Fsp3) is 0.143. The molecule has 2 aromatic rings. The molecule has 0 amide bonds. The van der Waals surface area contributed by atoms with Crippen molar-refractivity contribution in [2.75, 3.05) is 19.5 Å². The Morgan fingerprint density at radius 1 is 1.08 bits per heavy atom. The number of allylic oxidation sites excluding steroid dienone is 5.